The number of para-hydroxylation sites is 1. The van der Waals surface area contributed by atoms with Gasteiger partial charge in [-0.2, -0.15) is 0 Å². The maximum absolute atomic E-state index is 5.54. The molecule has 1 aromatic carbocycles. The maximum atomic E-state index is 5.54. The second kappa shape index (κ2) is 2.40. The standard InChI is InChI=1S/C9H9NO/c10-9-6-5-7-3-1-2-4-8(7)11-9/h1-6,9H,10H2. The molecular formula is C9H9NO. The van der Waals surface area contributed by atoms with Crippen LogP contribution in [0.25, 0.3) is 6.08 Å². The predicted molar refractivity (Wildman–Crippen MR) is 44.1 cm³/mol. The van der Waals surface area contributed by atoms with Gasteiger partial charge in [0.05, 0.1) is 0 Å². The number of ether oxygens (including phenoxy) is 1. The molecule has 2 heteroatoms. The molecule has 0 saturated carbocycles. The van der Waals surface area contributed by atoms with Crippen LogP contribution in [0.15, 0.2) is 30.3 Å². The molecule has 0 aromatic heterocycles. The van der Waals surface area contributed by atoms with Crippen LogP contribution in [0.4, 0.5) is 0 Å². The van der Waals surface area contributed by atoms with Crippen molar-refractivity contribution in [2.75, 3.05) is 0 Å². The third kappa shape index (κ3) is 1.12. The molecule has 1 atom stereocenters. The van der Waals surface area contributed by atoms with Gasteiger partial charge in [0.2, 0.25) is 0 Å². The molecule has 1 aromatic rings. The summed E-state index contributed by atoms with van der Waals surface area (Å²) in [6, 6.07) is 7.82. The van der Waals surface area contributed by atoms with Gasteiger partial charge in [0.25, 0.3) is 0 Å². The fourth-order valence-electron chi connectivity index (χ4n) is 1.11. The third-order valence-corrected chi connectivity index (χ3v) is 1.65. The van der Waals surface area contributed by atoms with Gasteiger partial charge in [-0.1, -0.05) is 24.3 Å². The van der Waals surface area contributed by atoms with Crippen LogP contribution >= 0.6 is 0 Å². The van der Waals surface area contributed by atoms with E-state index in [1.807, 2.05) is 36.4 Å². The Balaban J connectivity index is 2.46. The zero-order valence-corrected chi connectivity index (χ0v) is 6.03. The highest BCUT2D eigenvalue weighted by Crippen LogP contribution is 2.23. The Labute approximate surface area is 65.3 Å². The van der Waals surface area contributed by atoms with Gasteiger partial charge in [-0.25, -0.2) is 0 Å². The minimum absolute atomic E-state index is 0.287. The van der Waals surface area contributed by atoms with Crippen molar-refractivity contribution in [3.05, 3.63) is 35.9 Å². The summed E-state index contributed by atoms with van der Waals surface area (Å²) in [5, 5.41) is 0. The molecule has 1 heterocycles. The van der Waals surface area contributed by atoms with E-state index < -0.39 is 0 Å². The van der Waals surface area contributed by atoms with Crippen molar-refractivity contribution in [1.82, 2.24) is 0 Å². The molecule has 1 aliphatic rings. The molecule has 0 fully saturated rings. The average Bonchev–Trinajstić information content (AvgIpc) is 2.04. The summed E-state index contributed by atoms with van der Waals surface area (Å²) in [6.07, 6.45) is 3.52. The number of hydrogen-bond acceptors (Lipinski definition) is 2. The van der Waals surface area contributed by atoms with E-state index in [-0.39, 0.29) is 6.23 Å². The lowest BCUT2D eigenvalue weighted by Gasteiger charge is -2.17. The average molecular weight is 147 g/mol. The summed E-state index contributed by atoms with van der Waals surface area (Å²) in [4.78, 5) is 0. The van der Waals surface area contributed by atoms with Crippen molar-refractivity contribution in [2.24, 2.45) is 5.73 Å². The van der Waals surface area contributed by atoms with Crippen molar-refractivity contribution in [3.63, 3.8) is 0 Å². The lowest BCUT2D eigenvalue weighted by molar-refractivity contribution is 0.254. The SMILES string of the molecule is NC1C=Cc2ccccc2O1. The van der Waals surface area contributed by atoms with E-state index in [0.29, 0.717) is 0 Å². The van der Waals surface area contributed by atoms with Gasteiger partial charge < -0.3 is 4.74 Å². The molecule has 1 aliphatic heterocycles. The Hall–Kier alpha value is -1.28. The highest BCUT2D eigenvalue weighted by Gasteiger charge is 2.08. The van der Waals surface area contributed by atoms with Gasteiger partial charge in [0.15, 0.2) is 6.23 Å². The van der Waals surface area contributed by atoms with Crippen LogP contribution in [0.2, 0.25) is 0 Å². The van der Waals surface area contributed by atoms with Crippen LogP contribution in [0.3, 0.4) is 0 Å². The highest BCUT2D eigenvalue weighted by atomic mass is 16.5. The van der Waals surface area contributed by atoms with Crippen LogP contribution < -0.4 is 10.5 Å². The third-order valence-electron chi connectivity index (χ3n) is 1.65. The highest BCUT2D eigenvalue weighted by molar-refractivity contribution is 5.59. The topological polar surface area (TPSA) is 35.2 Å². The summed E-state index contributed by atoms with van der Waals surface area (Å²) in [7, 11) is 0. The van der Waals surface area contributed by atoms with E-state index in [1.54, 1.807) is 0 Å². The monoisotopic (exact) mass is 147 g/mol. The number of hydrogen-bond donors (Lipinski definition) is 1. The summed E-state index contributed by atoms with van der Waals surface area (Å²) in [5.74, 6) is 0.863. The fourth-order valence-corrected chi connectivity index (χ4v) is 1.11. The van der Waals surface area contributed by atoms with E-state index in [1.165, 1.54) is 0 Å². The molecule has 2 N–H and O–H groups in total. The molecule has 11 heavy (non-hydrogen) atoms. The molecule has 1 unspecified atom stereocenters. The first kappa shape index (κ1) is 6.43. The van der Waals surface area contributed by atoms with Gasteiger partial charge in [-0.15, -0.1) is 0 Å². The van der Waals surface area contributed by atoms with E-state index in [0.717, 1.165) is 11.3 Å². The number of rotatable bonds is 0. The van der Waals surface area contributed by atoms with Crippen LogP contribution in [0, 0.1) is 0 Å². The van der Waals surface area contributed by atoms with E-state index in [4.69, 9.17) is 10.5 Å². The molecule has 0 spiro atoms. The molecule has 0 radical (unpaired) electrons. The Morgan fingerprint density at radius 1 is 1.27 bits per heavy atom. The van der Waals surface area contributed by atoms with Gasteiger partial charge >= 0.3 is 0 Å². The van der Waals surface area contributed by atoms with Crippen molar-refractivity contribution >= 4 is 6.08 Å². The first-order valence-electron chi connectivity index (χ1n) is 3.56. The van der Waals surface area contributed by atoms with E-state index >= 15 is 0 Å². The number of benzene rings is 1. The second-order valence-electron chi connectivity index (χ2n) is 2.48. The molecule has 0 aliphatic carbocycles. The molecule has 2 rings (SSSR count). The van der Waals surface area contributed by atoms with Crippen molar-refractivity contribution in [1.29, 1.82) is 0 Å². The van der Waals surface area contributed by atoms with Crippen molar-refractivity contribution in [2.45, 2.75) is 6.23 Å². The Morgan fingerprint density at radius 3 is 3.00 bits per heavy atom. The van der Waals surface area contributed by atoms with Crippen molar-refractivity contribution < 1.29 is 4.74 Å². The molecule has 56 valence electrons. The summed E-state index contributed by atoms with van der Waals surface area (Å²) in [6.45, 7) is 0. The molecule has 0 bridgehead atoms. The minimum atomic E-state index is -0.287. The zero-order chi connectivity index (χ0) is 7.68. The van der Waals surface area contributed by atoms with Crippen LogP contribution in [0.5, 0.6) is 5.75 Å². The molecule has 0 amide bonds. The number of fused-ring (bicyclic) bond motifs is 1. The van der Waals surface area contributed by atoms with Crippen molar-refractivity contribution in [3.8, 4) is 5.75 Å². The normalized spacial score (nSPS) is 20.6. The quantitative estimate of drug-likeness (QED) is 0.601. The van der Waals surface area contributed by atoms with E-state index in [9.17, 15) is 0 Å². The molecule has 2 nitrogen and oxygen atoms in total. The van der Waals surface area contributed by atoms with E-state index in [2.05, 4.69) is 0 Å². The summed E-state index contributed by atoms with van der Waals surface area (Å²) >= 11 is 0. The van der Waals surface area contributed by atoms with Gasteiger partial charge in [0.1, 0.15) is 5.75 Å². The van der Waals surface area contributed by atoms with Gasteiger partial charge in [0, 0.05) is 5.56 Å². The maximum Gasteiger partial charge on any atom is 0.167 e. The smallest absolute Gasteiger partial charge is 0.167 e. The lowest BCUT2D eigenvalue weighted by atomic mass is 10.1. The van der Waals surface area contributed by atoms with Crippen LogP contribution in [0.1, 0.15) is 5.56 Å². The summed E-state index contributed by atoms with van der Waals surface area (Å²) < 4.78 is 5.32. The first-order valence-corrected chi connectivity index (χ1v) is 3.56. The lowest BCUT2D eigenvalue weighted by Crippen LogP contribution is -2.26. The Morgan fingerprint density at radius 2 is 2.09 bits per heavy atom. The zero-order valence-electron chi connectivity index (χ0n) is 6.03. The van der Waals surface area contributed by atoms with Crippen LogP contribution in [-0.2, 0) is 0 Å². The Bertz CT molecular complexity index is 293. The van der Waals surface area contributed by atoms with Gasteiger partial charge in [-0.3, -0.25) is 5.73 Å². The first-order chi connectivity index (χ1) is 5.36. The summed E-state index contributed by atoms with van der Waals surface area (Å²) in [5.41, 5.74) is 6.63. The predicted octanol–water partition coefficient (Wildman–Crippen LogP) is 1.38. The van der Waals surface area contributed by atoms with Crippen LogP contribution in [-0.4, -0.2) is 6.23 Å². The Kier molecular flexibility index (Phi) is 1.40. The fraction of sp³-hybridized carbons (Fsp3) is 0.111. The second-order valence-corrected chi connectivity index (χ2v) is 2.48. The molecular weight excluding hydrogens is 138 g/mol. The largest absolute Gasteiger partial charge is 0.471 e. The van der Waals surface area contributed by atoms with Gasteiger partial charge in [-0.05, 0) is 12.1 Å². The molecule has 0 saturated heterocycles. The minimum Gasteiger partial charge on any atom is -0.471 e. The number of nitrogens with two attached hydrogens (primary N) is 1.